The Labute approximate surface area is 119 Å². The maximum atomic E-state index is 5.34. The highest BCUT2D eigenvalue weighted by molar-refractivity contribution is 8.03. The molecule has 0 aromatic heterocycles. The standard InChI is InChI=1S/C15H19NS2/c1-5-12(17)9-15-16(6-2)13-7-10(3)11(4)8-14(13)18-15/h7-9H,5-6H2,1-4H3/b15-9-. The molecule has 0 aliphatic carbocycles. The number of thioether (sulfide) groups is 1. The van der Waals surface area contributed by atoms with E-state index in [1.807, 2.05) is 11.8 Å². The highest BCUT2D eigenvalue weighted by atomic mass is 32.2. The molecule has 2 rings (SSSR count). The highest BCUT2D eigenvalue weighted by Gasteiger charge is 2.24. The summed E-state index contributed by atoms with van der Waals surface area (Å²) in [6.07, 6.45) is 3.08. The van der Waals surface area contributed by atoms with Gasteiger partial charge in [-0.25, -0.2) is 0 Å². The molecule has 1 aliphatic rings. The maximum absolute atomic E-state index is 5.34. The van der Waals surface area contributed by atoms with Crippen molar-refractivity contribution < 1.29 is 0 Å². The Bertz CT molecular complexity index is 517. The molecule has 3 heteroatoms. The zero-order chi connectivity index (χ0) is 13.3. The van der Waals surface area contributed by atoms with Crippen molar-refractivity contribution >= 4 is 34.5 Å². The molecule has 1 nitrogen and oxygen atoms in total. The summed E-state index contributed by atoms with van der Waals surface area (Å²) in [5.74, 6) is 0. The van der Waals surface area contributed by atoms with E-state index in [1.54, 1.807) is 0 Å². The van der Waals surface area contributed by atoms with Crippen molar-refractivity contribution in [2.45, 2.75) is 39.0 Å². The maximum Gasteiger partial charge on any atom is 0.0812 e. The van der Waals surface area contributed by atoms with E-state index in [4.69, 9.17) is 12.2 Å². The van der Waals surface area contributed by atoms with Gasteiger partial charge in [0, 0.05) is 16.3 Å². The number of rotatable bonds is 3. The first kappa shape index (κ1) is 13.6. The number of nitrogens with zero attached hydrogens (tertiary/aromatic N) is 1. The average Bonchev–Trinajstić information content (AvgIpc) is 2.66. The van der Waals surface area contributed by atoms with Crippen LogP contribution in [0.3, 0.4) is 0 Å². The number of hydrogen-bond donors (Lipinski definition) is 0. The van der Waals surface area contributed by atoms with Crippen LogP contribution in [0.4, 0.5) is 5.69 Å². The Kier molecular flexibility index (Phi) is 4.13. The van der Waals surface area contributed by atoms with Crippen molar-refractivity contribution in [3.63, 3.8) is 0 Å². The van der Waals surface area contributed by atoms with Gasteiger partial charge in [0.05, 0.1) is 10.7 Å². The quantitative estimate of drug-likeness (QED) is 0.574. The van der Waals surface area contributed by atoms with Crippen LogP contribution in [-0.2, 0) is 0 Å². The Hall–Kier alpha value is -0.800. The van der Waals surface area contributed by atoms with Crippen molar-refractivity contribution in [3.05, 3.63) is 34.4 Å². The van der Waals surface area contributed by atoms with Crippen LogP contribution in [0.15, 0.2) is 28.1 Å². The summed E-state index contributed by atoms with van der Waals surface area (Å²) in [5, 5.41) is 1.27. The van der Waals surface area contributed by atoms with Crippen LogP contribution in [0.25, 0.3) is 0 Å². The first-order chi connectivity index (χ1) is 8.56. The molecule has 1 heterocycles. The fourth-order valence-corrected chi connectivity index (χ4v) is 3.49. The van der Waals surface area contributed by atoms with Crippen LogP contribution < -0.4 is 4.90 Å². The normalized spacial score (nSPS) is 16.2. The fraction of sp³-hybridized carbons (Fsp3) is 0.400. The number of thiocarbonyl (C=S) groups is 1. The van der Waals surface area contributed by atoms with Crippen molar-refractivity contribution in [3.8, 4) is 0 Å². The summed E-state index contributed by atoms with van der Waals surface area (Å²) in [5.41, 5.74) is 4.04. The summed E-state index contributed by atoms with van der Waals surface area (Å²) >= 11 is 7.17. The van der Waals surface area contributed by atoms with Crippen LogP contribution in [0.2, 0.25) is 0 Å². The van der Waals surface area contributed by atoms with E-state index >= 15 is 0 Å². The van der Waals surface area contributed by atoms with Crippen molar-refractivity contribution in [2.75, 3.05) is 11.4 Å². The molecule has 1 aliphatic heterocycles. The first-order valence-corrected chi connectivity index (χ1v) is 7.60. The average molecular weight is 277 g/mol. The molecule has 18 heavy (non-hydrogen) atoms. The second-order valence-corrected chi connectivity index (χ2v) is 6.14. The molecule has 0 saturated heterocycles. The van der Waals surface area contributed by atoms with E-state index in [0.29, 0.717) is 0 Å². The molecule has 0 amide bonds. The Morgan fingerprint density at radius 1 is 1.28 bits per heavy atom. The molecule has 0 bridgehead atoms. The topological polar surface area (TPSA) is 3.24 Å². The van der Waals surface area contributed by atoms with E-state index < -0.39 is 0 Å². The van der Waals surface area contributed by atoms with Crippen molar-refractivity contribution in [1.82, 2.24) is 0 Å². The fourth-order valence-electron chi connectivity index (χ4n) is 2.03. The zero-order valence-electron chi connectivity index (χ0n) is 11.4. The molecule has 0 saturated carbocycles. The van der Waals surface area contributed by atoms with Gasteiger partial charge in [0.25, 0.3) is 0 Å². The predicted octanol–water partition coefficient (Wildman–Crippen LogP) is 4.86. The number of fused-ring (bicyclic) bond motifs is 1. The van der Waals surface area contributed by atoms with Crippen molar-refractivity contribution in [1.29, 1.82) is 0 Å². The first-order valence-electron chi connectivity index (χ1n) is 6.38. The van der Waals surface area contributed by atoms with Gasteiger partial charge in [-0.05, 0) is 56.5 Å². The monoisotopic (exact) mass is 277 g/mol. The van der Waals surface area contributed by atoms with Gasteiger partial charge in [0.15, 0.2) is 0 Å². The third kappa shape index (κ3) is 2.47. The van der Waals surface area contributed by atoms with Gasteiger partial charge in [0.1, 0.15) is 0 Å². The van der Waals surface area contributed by atoms with E-state index in [2.05, 4.69) is 50.8 Å². The number of anilines is 1. The summed E-state index contributed by atoms with van der Waals surface area (Å²) < 4.78 is 0. The minimum Gasteiger partial charge on any atom is -0.335 e. The van der Waals surface area contributed by atoms with Gasteiger partial charge in [0.2, 0.25) is 0 Å². The van der Waals surface area contributed by atoms with Gasteiger partial charge in [-0.15, -0.1) is 0 Å². The van der Waals surface area contributed by atoms with Gasteiger partial charge in [-0.1, -0.05) is 30.9 Å². The summed E-state index contributed by atoms with van der Waals surface area (Å²) in [6, 6.07) is 4.57. The molecule has 0 radical (unpaired) electrons. The number of aryl methyl sites for hydroxylation is 2. The number of hydrogen-bond acceptors (Lipinski definition) is 3. The van der Waals surface area contributed by atoms with E-state index in [1.165, 1.54) is 26.7 Å². The lowest BCUT2D eigenvalue weighted by Gasteiger charge is -2.18. The molecule has 0 unspecified atom stereocenters. The predicted molar refractivity (Wildman–Crippen MR) is 85.8 cm³/mol. The van der Waals surface area contributed by atoms with Crippen molar-refractivity contribution in [2.24, 2.45) is 0 Å². The molecule has 0 atom stereocenters. The minimum atomic E-state index is 0.936. The lowest BCUT2D eigenvalue weighted by atomic mass is 10.1. The molecule has 1 aromatic carbocycles. The molecule has 96 valence electrons. The smallest absolute Gasteiger partial charge is 0.0812 e. The summed E-state index contributed by atoms with van der Waals surface area (Å²) in [4.78, 5) is 4.73. The molecule has 0 N–H and O–H groups in total. The van der Waals surface area contributed by atoms with Crippen LogP contribution >= 0.6 is 24.0 Å². The van der Waals surface area contributed by atoms with Gasteiger partial charge < -0.3 is 4.90 Å². The van der Waals surface area contributed by atoms with Crippen LogP contribution in [0, 0.1) is 13.8 Å². The number of allylic oxidation sites excluding steroid dienone is 1. The van der Waals surface area contributed by atoms with Crippen LogP contribution in [0.1, 0.15) is 31.4 Å². The van der Waals surface area contributed by atoms with Crippen LogP contribution in [-0.4, -0.2) is 11.4 Å². The Morgan fingerprint density at radius 2 is 1.94 bits per heavy atom. The largest absolute Gasteiger partial charge is 0.335 e. The molecule has 0 fully saturated rings. The SMILES string of the molecule is CCC(=S)/C=C1\Sc2cc(C)c(C)cc2N1CC. The molecule has 0 spiro atoms. The van der Waals surface area contributed by atoms with Gasteiger partial charge in [-0.2, -0.15) is 0 Å². The Morgan fingerprint density at radius 3 is 2.56 bits per heavy atom. The summed E-state index contributed by atoms with van der Waals surface area (Å²) in [7, 11) is 0. The molecule has 1 aromatic rings. The zero-order valence-corrected chi connectivity index (χ0v) is 13.0. The van der Waals surface area contributed by atoms with E-state index in [-0.39, 0.29) is 0 Å². The summed E-state index contributed by atoms with van der Waals surface area (Å²) in [6.45, 7) is 9.63. The third-order valence-corrected chi connectivity index (χ3v) is 4.80. The lowest BCUT2D eigenvalue weighted by Crippen LogP contribution is -2.17. The lowest BCUT2D eigenvalue weighted by molar-refractivity contribution is 0.999. The molecular weight excluding hydrogens is 258 g/mol. The minimum absolute atomic E-state index is 0.936. The van der Waals surface area contributed by atoms with Crippen LogP contribution in [0.5, 0.6) is 0 Å². The second-order valence-electron chi connectivity index (χ2n) is 4.55. The highest BCUT2D eigenvalue weighted by Crippen LogP contribution is 2.46. The van der Waals surface area contributed by atoms with E-state index in [0.717, 1.165) is 17.8 Å². The Balaban J connectivity index is 2.43. The third-order valence-electron chi connectivity index (χ3n) is 3.30. The van der Waals surface area contributed by atoms with Gasteiger partial charge in [-0.3, -0.25) is 0 Å². The van der Waals surface area contributed by atoms with E-state index in [9.17, 15) is 0 Å². The second kappa shape index (κ2) is 5.45. The number of benzene rings is 1. The van der Waals surface area contributed by atoms with Gasteiger partial charge >= 0.3 is 0 Å². The molecular formula is C15H19NS2.